The van der Waals surface area contributed by atoms with Crippen molar-refractivity contribution in [3.05, 3.63) is 102 Å². The van der Waals surface area contributed by atoms with Crippen LogP contribution in [0.3, 0.4) is 0 Å². The molecule has 0 aliphatic rings. The van der Waals surface area contributed by atoms with Crippen LogP contribution >= 0.6 is 0 Å². The molecule has 0 radical (unpaired) electrons. The molecule has 0 spiro atoms. The number of hydrogen-bond donors (Lipinski definition) is 3. The number of rotatable bonds is 7. The van der Waals surface area contributed by atoms with Gasteiger partial charge in [-0.1, -0.05) is 60.7 Å². The number of nitrogens with one attached hydrogen (secondary N) is 2. The van der Waals surface area contributed by atoms with E-state index in [0.29, 0.717) is 23.5 Å². The van der Waals surface area contributed by atoms with E-state index in [-0.39, 0.29) is 19.1 Å². The van der Waals surface area contributed by atoms with Gasteiger partial charge in [0.25, 0.3) is 5.91 Å². The third-order valence-corrected chi connectivity index (χ3v) is 5.62. The molecular weight excluding hydrogens is 426 g/mol. The highest BCUT2D eigenvalue weighted by Crippen LogP contribution is 2.29. The Kier molecular flexibility index (Phi) is 6.09. The zero-order chi connectivity index (χ0) is 23.3. The van der Waals surface area contributed by atoms with E-state index in [1.807, 2.05) is 66.9 Å². The summed E-state index contributed by atoms with van der Waals surface area (Å²) < 4.78 is 0. The first kappa shape index (κ1) is 21.5. The fraction of sp³-hybridized carbons (Fsp3) is 0.111. The first-order valence-corrected chi connectivity index (χ1v) is 11.1. The molecule has 168 valence electrons. The van der Waals surface area contributed by atoms with Gasteiger partial charge in [-0.2, -0.15) is 0 Å². The summed E-state index contributed by atoms with van der Waals surface area (Å²) >= 11 is 0. The molecule has 7 nitrogen and oxygen atoms in total. The lowest BCUT2D eigenvalue weighted by atomic mass is 10.0. The molecular formula is C27H23N5O2. The summed E-state index contributed by atoms with van der Waals surface area (Å²) in [7, 11) is 0. The second-order valence-corrected chi connectivity index (χ2v) is 7.88. The summed E-state index contributed by atoms with van der Waals surface area (Å²) in [4.78, 5) is 20.4. The van der Waals surface area contributed by atoms with E-state index in [0.717, 1.165) is 33.3 Å². The summed E-state index contributed by atoms with van der Waals surface area (Å²) in [5, 5.41) is 21.7. The van der Waals surface area contributed by atoms with Gasteiger partial charge >= 0.3 is 0 Å². The Morgan fingerprint density at radius 1 is 0.853 bits per heavy atom. The summed E-state index contributed by atoms with van der Waals surface area (Å²) in [6.07, 6.45) is 2.55. The normalized spacial score (nSPS) is 11.0. The monoisotopic (exact) mass is 449 g/mol. The number of nitrogens with zero attached hydrogens (tertiary/aromatic N) is 3. The molecule has 7 heteroatoms. The number of carbonyl (C=O) groups is 1. The number of H-pyrrole nitrogens is 1. The van der Waals surface area contributed by atoms with Crippen molar-refractivity contribution in [2.45, 2.75) is 6.42 Å². The van der Waals surface area contributed by atoms with Gasteiger partial charge in [0.05, 0.1) is 6.61 Å². The predicted molar refractivity (Wildman–Crippen MR) is 131 cm³/mol. The summed E-state index contributed by atoms with van der Waals surface area (Å²) in [5.41, 5.74) is 5.85. The van der Waals surface area contributed by atoms with Crippen LogP contribution in [0.15, 0.2) is 85.1 Å². The molecule has 0 atom stereocenters. The smallest absolute Gasteiger partial charge is 0.251 e. The number of aromatic amines is 1. The Labute approximate surface area is 196 Å². The highest BCUT2D eigenvalue weighted by Gasteiger charge is 2.16. The number of benzene rings is 3. The van der Waals surface area contributed by atoms with Crippen molar-refractivity contribution in [3.63, 3.8) is 0 Å². The maximum absolute atomic E-state index is 12.2. The topological polar surface area (TPSA) is 104 Å². The lowest BCUT2D eigenvalue weighted by Gasteiger charge is -2.10. The van der Waals surface area contributed by atoms with Crippen LogP contribution in [0.1, 0.15) is 21.7 Å². The Morgan fingerprint density at radius 3 is 2.38 bits per heavy atom. The van der Waals surface area contributed by atoms with E-state index >= 15 is 0 Å². The largest absolute Gasteiger partial charge is 0.395 e. The molecule has 5 aromatic rings. The van der Waals surface area contributed by atoms with Gasteiger partial charge < -0.3 is 15.4 Å². The van der Waals surface area contributed by atoms with Crippen molar-refractivity contribution in [2.75, 3.05) is 13.2 Å². The second kappa shape index (κ2) is 9.64. The summed E-state index contributed by atoms with van der Waals surface area (Å²) in [5.74, 6) is 0.398. The lowest BCUT2D eigenvalue weighted by molar-refractivity contribution is 0.0945. The molecule has 2 aromatic heterocycles. The molecule has 0 bridgehead atoms. The van der Waals surface area contributed by atoms with Crippen LogP contribution in [-0.4, -0.2) is 44.3 Å². The number of aliphatic hydroxyl groups excluding tert-OH is 1. The van der Waals surface area contributed by atoms with Gasteiger partial charge in [0.2, 0.25) is 0 Å². The number of para-hydroxylation sites is 1. The van der Waals surface area contributed by atoms with Crippen molar-refractivity contribution in [3.8, 4) is 22.5 Å². The van der Waals surface area contributed by atoms with E-state index in [9.17, 15) is 4.79 Å². The van der Waals surface area contributed by atoms with E-state index < -0.39 is 0 Å². The molecule has 0 aliphatic heterocycles. The maximum atomic E-state index is 12.2. The van der Waals surface area contributed by atoms with Crippen LogP contribution in [0, 0.1) is 0 Å². The Bertz CT molecular complexity index is 1430. The van der Waals surface area contributed by atoms with Crippen LogP contribution in [0.25, 0.3) is 33.4 Å². The SMILES string of the molecule is O=C(NCCO)c1ccc(-c2nnc(Cc3c[nH]c4ccccc34)nc2-c2ccccc2)cc1. The number of carbonyl (C=O) groups excluding carboxylic acids is 1. The molecule has 0 aliphatic carbocycles. The van der Waals surface area contributed by atoms with Crippen LogP contribution < -0.4 is 5.32 Å². The average molecular weight is 450 g/mol. The Balaban J connectivity index is 1.51. The first-order valence-electron chi connectivity index (χ1n) is 11.1. The number of aliphatic hydroxyl groups is 1. The third kappa shape index (κ3) is 4.42. The van der Waals surface area contributed by atoms with Gasteiger partial charge in [-0.3, -0.25) is 4.79 Å². The van der Waals surface area contributed by atoms with Crippen LogP contribution in [0.2, 0.25) is 0 Å². The van der Waals surface area contributed by atoms with E-state index in [1.165, 1.54) is 0 Å². The summed E-state index contributed by atoms with van der Waals surface area (Å²) in [6.45, 7) is 0.114. The van der Waals surface area contributed by atoms with Gasteiger partial charge in [-0.25, -0.2) is 4.98 Å². The Morgan fingerprint density at radius 2 is 1.59 bits per heavy atom. The van der Waals surface area contributed by atoms with Crippen molar-refractivity contribution < 1.29 is 9.90 Å². The average Bonchev–Trinajstić information content (AvgIpc) is 3.30. The van der Waals surface area contributed by atoms with E-state index in [2.05, 4.69) is 26.6 Å². The molecule has 5 rings (SSSR count). The maximum Gasteiger partial charge on any atom is 0.251 e. The standard InChI is InChI=1S/C27H23N5O2/c33-15-14-28-27(34)20-12-10-19(11-13-20)26-25(18-6-2-1-3-7-18)30-24(31-32-26)16-21-17-29-23-9-5-4-8-22(21)23/h1-13,17,29,33H,14-16H2,(H,28,34). The number of fused-ring (bicyclic) bond motifs is 1. The molecule has 1 amide bonds. The zero-order valence-corrected chi connectivity index (χ0v) is 18.4. The first-order chi connectivity index (χ1) is 16.7. The predicted octanol–water partition coefficient (Wildman–Crippen LogP) is 4.00. The van der Waals surface area contributed by atoms with E-state index in [4.69, 9.17) is 10.1 Å². The molecule has 0 fully saturated rings. The molecule has 0 unspecified atom stereocenters. The minimum Gasteiger partial charge on any atom is -0.395 e. The van der Waals surface area contributed by atoms with Crippen molar-refractivity contribution in [2.24, 2.45) is 0 Å². The highest BCUT2D eigenvalue weighted by molar-refractivity contribution is 5.94. The van der Waals surface area contributed by atoms with E-state index in [1.54, 1.807) is 12.1 Å². The summed E-state index contributed by atoms with van der Waals surface area (Å²) in [6, 6.07) is 25.2. The second-order valence-electron chi connectivity index (χ2n) is 7.88. The minimum atomic E-state index is -0.234. The third-order valence-electron chi connectivity index (χ3n) is 5.62. The quantitative estimate of drug-likeness (QED) is 0.348. The number of aromatic nitrogens is 4. The fourth-order valence-electron chi connectivity index (χ4n) is 3.93. The lowest BCUT2D eigenvalue weighted by Crippen LogP contribution is -2.26. The van der Waals surface area contributed by atoms with Crippen molar-refractivity contribution >= 4 is 16.8 Å². The minimum absolute atomic E-state index is 0.101. The molecule has 0 saturated carbocycles. The van der Waals surface area contributed by atoms with Gasteiger partial charge in [-0.05, 0) is 23.8 Å². The van der Waals surface area contributed by atoms with Crippen molar-refractivity contribution in [1.82, 2.24) is 25.5 Å². The van der Waals surface area contributed by atoms with Crippen LogP contribution in [0.5, 0.6) is 0 Å². The molecule has 3 aromatic carbocycles. The number of amides is 1. The van der Waals surface area contributed by atoms with Crippen molar-refractivity contribution in [1.29, 1.82) is 0 Å². The van der Waals surface area contributed by atoms with Crippen LogP contribution in [-0.2, 0) is 6.42 Å². The van der Waals surface area contributed by atoms with Gasteiger partial charge in [0.1, 0.15) is 11.4 Å². The Hall–Kier alpha value is -4.36. The van der Waals surface area contributed by atoms with Gasteiger partial charge in [0, 0.05) is 46.8 Å². The number of hydrogen-bond acceptors (Lipinski definition) is 5. The highest BCUT2D eigenvalue weighted by atomic mass is 16.3. The zero-order valence-electron chi connectivity index (χ0n) is 18.4. The molecule has 2 heterocycles. The molecule has 3 N–H and O–H groups in total. The van der Waals surface area contributed by atoms with Gasteiger partial charge in [-0.15, -0.1) is 10.2 Å². The molecule has 34 heavy (non-hydrogen) atoms. The van der Waals surface area contributed by atoms with Gasteiger partial charge in [0.15, 0.2) is 5.82 Å². The molecule has 0 saturated heterocycles. The fourth-order valence-corrected chi connectivity index (χ4v) is 3.93. The van der Waals surface area contributed by atoms with Crippen LogP contribution in [0.4, 0.5) is 0 Å².